The van der Waals surface area contributed by atoms with Crippen molar-refractivity contribution in [1.82, 2.24) is 0 Å². The molecule has 1 aromatic carbocycles. The molecule has 3 saturated carbocycles. The van der Waals surface area contributed by atoms with Crippen LogP contribution < -0.4 is 5.73 Å². The number of rotatable bonds is 5. The summed E-state index contributed by atoms with van der Waals surface area (Å²) < 4.78 is 13.3. The Bertz CT molecular complexity index is 1460. The fourth-order valence-corrected chi connectivity index (χ4v) is 10.2. The highest BCUT2D eigenvalue weighted by molar-refractivity contribution is 7.10. The Kier molecular flexibility index (Phi) is 6.27. The Labute approximate surface area is 244 Å². The number of fused-ring (bicyclic) bond motifs is 7. The van der Waals surface area contributed by atoms with E-state index in [1.54, 1.807) is 23.5 Å². The number of Topliss-reactive ketones (excluding diaryl/α,β-unsaturated/α-hetero) is 1. The fraction of sp³-hybridized carbons (Fsp3) is 0.515. The van der Waals surface area contributed by atoms with Gasteiger partial charge in [-0.25, -0.2) is 0 Å². The predicted molar refractivity (Wildman–Crippen MR) is 155 cm³/mol. The third kappa shape index (κ3) is 3.84. The molecule has 4 N–H and O–H groups in total. The van der Waals surface area contributed by atoms with Gasteiger partial charge in [0.1, 0.15) is 6.61 Å². The fourth-order valence-electron chi connectivity index (χ4n) is 9.29. The molecular formula is C33H37NO6S. The van der Waals surface area contributed by atoms with Crippen LogP contribution in [-0.2, 0) is 25.5 Å². The second-order valence-corrected chi connectivity index (χ2v) is 14.1. The summed E-state index contributed by atoms with van der Waals surface area (Å²) in [5.41, 5.74) is 7.49. The lowest BCUT2D eigenvalue weighted by atomic mass is 9.46. The smallest absolute Gasteiger partial charge is 0.194 e. The SMILES string of the molecule is C[C@]12C=CC(=O)C=C1CC[C@@H]1[C@@H]2[C@@H](O)C[C@@]2(C)[C@H]1C[C@H]1O[C@@H](c3cc(Cc4ccc(N)cc4)cs3)O[C@]12C(=O)CO. The van der Waals surface area contributed by atoms with E-state index in [2.05, 4.69) is 25.3 Å². The van der Waals surface area contributed by atoms with Gasteiger partial charge in [0, 0.05) is 22.4 Å². The molecule has 1 aliphatic heterocycles. The average molecular weight is 576 g/mol. The maximum Gasteiger partial charge on any atom is 0.194 e. The van der Waals surface area contributed by atoms with E-state index >= 15 is 0 Å². The van der Waals surface area contributed by atoms with Crippen LogP contribution in [0.2, 0.25) is 0 Å². The number of anilines is 1. The molecular weight excluding hydrogens is 538 g/mol. The quantitative estimate of drug-likeness (QED) is 0.449. The van der Waals surface area contributed by atoms with E-state index in [-0.39, 0.29) is 29.3 Å². The monoisotopic (exact) mass is 575 g/mol. The number of ketones is 2. The van der Waals surface area contributed by atoms with E-state index < -0.39 is 41.5 Å². The Hall–Kier alpha value is -2.62. The number of carbonyl (C=O) groups is 2. The number of aliphatic hydroxyl groups is 2. The zero-order valence-corrected chi connectivity index (χ0v) is 24.2. The normalized spacial score (nSPS) is 40.9. The standard InChI is InChI=1S/C33H37NO6S/c1-31-10-9-22(36)13-20(31)5-8-23-24-14-28-33(27(38)16-35,32(24,2)15-25(37)29(23)31)40-30(39-28)26-12-19(17-41-26)11-18-3-6-21(34)7-4-18/h3-4,6-7,9-10,12-13,17,23-25,28-30,35,37H,5,8,11,14-16,34H2,1-2H3/t23-,24-,25-,28+,29+,30+,31-,32-,33+/m0/s1. The van der Waals surface area contributed by atoms with Gasteiger partial charge in [-0.1, -0.05) is 37.6 Å². The van der Waals surface area contributed by atoms with Crippen LogP contribution in [0.15, 0.2) is 59.5 Å². The van der Waals surface area contributed by atoms with Gasteiger partial charge in [0.15, 0.2) is 23.5 Å². The molecule has 0 radical (unpaired) electrons. The number of carbonyl (C=O) groups excluding carboxylic acids is 2. The Morgan fingerprint density at radius 1 is 1.20 bits per heavy atom. The van der Waals surface area contributed by atoms with Crippen LogP contribution >= 0.6 is 11.3 Å². The van der Waals surface area contributed by atoms with Crippen LogP contribution in [0.3, 0.4) is 0 Å². The molecule has 0 spiro atoms. The van der Waals surface area contributed by atoms with Gasteiger partial charge >= 0.3 is 0 Å². The summed E-state index contributed by atoms with van der Waals surface area (Å²) in [4.78, 5) is 26.8. The second kappa shape index (κ2) is 9.44. The third-order valence-corrected chi connectivity index (χ3v) is 12.1. The minimum atomic E-state index is -1.33. The molecule has 0 bridgehead atoms. The zero-order valence-electron chi connectivity index (χ0n) is 23.4. The summed E-state index contributed by atoms with van der Waals surface area (Å²) in [6.45, 7) is 3.56. The first kappa shape index (κ1) is 27.2. The molecule has 1 saturated heterocycles. The highest BCUT2D eigenvalue weighted by Crippen LogP contribution is 2.70. The number of hydrogen-bond acceptors (Lipinski definition) is 8. The summed E-state index contributed by atoms with van der Waals surface area (Å²) in [6, 6.07) is 9.89. The zero-order chi connectivity index (χ0) is 28.7. The van der Waals surface area contributed by atoms with Crippen molar-refractivity contribution < 1.29 is 29.3 Å². The second-order valence-electron chi connectivity index (χ2n) is 13.1. The van der Waals surface area contributed by atoms with E-state index in [0.29, 0.717) is 12.8 Å². The van der Waals surface area contributed by atoms with Crippen LogP contribution in [-0.4, -0.2) is 46.2 Å². The summed E-state index contributed by atoms with van der Waals surface area (Å²) in [5.74, 6) is -0.214. The maximum atomic E-state index is 13.7. The minimum absolute atomic E-state index is 0.00648. The van der Waals surface area contributed by atoms with Gasteiger partial charge in [-0.05, 0) is 90.8 Å². The van der Waals surface area contributed by atoms with Crippen molar-refractivity contribution >= 4 is 28.6 Å². The molecule has 9 atom stereocenters. The first-order valence-corrected chi connectivity index (χ1v) is 15.5. The molecule has 1 aromatic heterocycles. The highest BCUT2D eigenvalue weighted by atomic mass is 32.1. The molecule has 216 valence electrons. The van der Waals surface area contributed by atoms with Crippen LogP contribution in [0.25, 0.3) is 0 Å². The molecule has 4 fully saturated rings. The van der Waals surface area contributed by atoms with Crippen LogP contribution in [0, 0.1) is 28.6 Å². The molecule has 2 aromatic rings. The lowest BCUT2D eigenvalue weighted by Gasteiger charge is -2.59. The minimum Gasteiger partial charge on any atom is -0.399 e. The van der Waals surface area contributed by atoms with Crippen molar-refractivity contribution in [3.8, 4) is 0 Å². The number of allylic oxidation sites excluding steroid dienone is 4. The number of nitrogen functional groups attached to an aromatic ring is 1. The van der Waals surface area contributed by atoms with Crippen molar-refractivity contribution in [1.29, 1.82) is 0 Å². The topological polar surface area (TPSA) is 119 Å². The molecule has 41 heavy (non-hydrogen) atoms. The molecule has 7 rings (SSSR count). The first-order chi connectivity index (χ1) is 19.6. The highest BCUT2D eigenvalue weighted by Gasteiger charge is 2.76. The maximum absolute atomic E-state index is 13.7. The summed E-state index contributed by atoms with van der Waals surface area (Å²) in [5, 5.41) is 24.1. The Balaban J connectivity index is 1.19. The van der Waals surface area contributed by atoms with E-state index in [9.17, 15) is 19.8 Å². The van der Waals surface area contributed by atoms with E-state index in [4.69, 9.17) is 15.2 Å². The number of hydrogen-bond donors (Lipinski definition) is 3. The van der Waals surface area contributed by atoms with E-state index in [1.807, 2.05) is 30.3 Å². The molecule has 4 aliphatic carbocycles. The van der Waals surface area contributed by atoms with Crippen molar-refractivity contribution in [2.24, 2.45) is 28.6 Å². The van der Waals surface area contributed by atoms with E-state index in [0.717, 1.165) is 46.5 Å². The van der Waals surface area contributed by atoms with Gasteiger partial charge in [0.2, 0.25) is 0 Å². The molecule has 2 heterocycles. The third-order valence-electron chi connectivity index (χ3n) is 11.1. The number of nitrogens with two attached hydrogens (primary N) is 1. The number of aliphatic hydroxyl groups excluding tert-OH is 2. The molecule has 0 amide bonds. The number of ether oxygens (including phenoxy) is 2. The summed E-state index contributed by atoms with van der Waals surface area (Å²) >= 11 is 1.55. The van der Waals surface area contributed by atoms with Crippen molar-refractivity contribution in [3.05, 3.63) is 75.5 Å². The predicted octanol–water partition coefficient (Wildman–Crippen LogP) is 4.52. The number of thiophene rings is 1. The summed E-state index contributed by atoms with van der Waals surface area (Å²) in [6.07, 6.45) is 6.83. The van der Waals surface area contributed by atoms with Gasteiger partial charge in [-0.2, -0.15) is 0 Å². The van der Waals surface area contributed by atoms with Crippen LogP contribution in [0.5, 0.6) is 0 Å². The van der Waals surface area contributed by atoms with Crippen LogP contribution in [0.4, 0.5) is 5.69 Å². The Morgan fingerprint density at radius 3 is 2.73 bits per heavy atom. The molecule has 0 unspecified atom stereocenters. The Morgan fingerprint density at radius 2 is 1.98 bits per heavy atom. The lowest BCUT2D eigenvalue weighted by Crippen LogP contribution is -2.63. The van der Waals surface area contributed by atoms with Gasteiger partial charge in [0.25, 0.3) is 0 Å². The molecule has 5 aliphatic rings. The van der Waals surface area contributed by atoms with Gasteiger partial charge in [-0.3, -0.25) is 9.59 Å². The van der Waals surface area contributed by atoms with E-state index in [1.165, 1.54) is 0 Å². The van der Waals surface area contributed by atoms with Crippen molar-refractivity contribution in [2.75, 3.05) is 12.3 Å². The van der Waals surface area contributed by atoms with Gasteiger partial charge in [0.05, 0.1) is 17.1 Å². The lowest BCUT2D eigenvalue weighted by molar-refractivity contribution is -0.200. The van der Waals surface area contributed by atoms with Crippen LogP contribution in [0.1, 0.15) is 61.8 Å². The van der Waals surface area contributed by atoms with Gasteiger partial charge in [-0.15, -0.1) is 11.3 Å². The average Bonchev–Trinajstić information content (AvgIpc) is 3.62. The van der Waals surface area contributed by atoms with Crippen molar-refractivity contribution in [2.45, 2.75) is 70.1 Å². The largest absolute Gasteiger partial charge is 0.399 e. The number of benzene rings is 1. The molecule has 8 heteroatoms. The van der Waals surface area contributed by atoms with Gasteiger partial charge < -0.3 is 25.4 Å². The van der Waals surface area contributed by atoms with Crippen molar-refractivity contribution in [3.63, 3.8) is 0 Å². The first-order valence-electron chi connectivity index (χ1n) is 14.6. The summed E-state index contributed by atoms with van der Waals surface area (Å²) in [7, 11) is 0. The molecule has 7 nitrogen and oxygen atoms in total.